The molecule has 0 aromatic carbocycles. The van der Waals surface area contributed by atoms with Gasteiger partial charge in [-0.15, -0.1) is 0 Å². The number of hydrogen-bond donors (Lipinski definition) is 2. The fourth-order valence-electron chi connectivity index (χ4n) is 6.28. The molecule has 4 aliphatic rings. The number of piperidine rings is 1. The Kier molecular flexibility index (Phi) is 6.37. The Hall–Kier alpha value is -1.63. The van der Waals surface area contributed by atoms with Crippen LogP contribution < -0.4 is 10.6 Å². The molecule has 2 N–H and O–H groups in total. The van der Waals surface area contributed by atoms with Crippen molar-refractivity contribution in [2.24, 2.45) is 5.92 Å². The molecule has 30 heavy (non-hydrogen) atoms. The van der Waals surface area contributed by atoms with Gasteiger partial charge < -0.3 is 10.6 Å². The van der Waals surface area contributed by atoms with Crippen molar-refractivity contribution in [1.29, 1.82) is 0 Å². The molecule has 4 fully saturated rings. The van der Waals surface area contributed by atoms with Crippen molar-refractivity contribution in [3.63, 3.8) is 0 Å². The third kappa shape index (κ3) is 3.97. The smallest absolute Gasteiger partial charge is 0.325 e. The zero-order valence-corrected chi connectivity index (χ0v) is 18.5. The zero-order valence-electron chi connectivity index (χ0n) is 18.5. The lowest BCUT2D eigenvalue weighted by molar-refractivity contribution is -0.137. The predicted molar refractivity (Wildman–Crippen MR) is 115 cm³/mol. The van der Waals surface area contributed by atoms with Gasteiger partial charge in [0.15, 0.2) is 0 Å². The summed E-state index contributed by atoms with van der Waals surface area (Å²) in [6, 6.07) is -0.410. The van der Waals surface area contributed by atoms with Gasteiger partial charge >= 0.3 is 6.03 Å². The fraction of sp³-hybridized carbons (Fsp3) is 0.870. The minimum atomic E-state index is -0.798. The van der Waals surface area contributed by atoms with Gasteiger partial charge in [0, 0.05) is 12.1 Å². The van der Waals surface area contributed by atoms with E-state index in [9.17, 15) is 14.4 Å². The first-order chi connectivity index (χ1) is 14.5. The highest BCUT2D eigenvalue weighted by Gasteiger charge is 2.55. The highest BCUT2D eigenvalue weighted by atomic mass is 16.2. The van der Waals surface area contributed by atoms with E-state index < -0.39 is 11.6 Å². The van der Waals surface area contributed by atoms with E-state index in [-0.39, 0.29) is 29.8 Å². The van der Waals surface area contributed by atoms with Crippen LogP contribution in [0.4, 0.5) is 4.79 Å². The van der Waals surface area contributed by atoms with Crippen LogP contribution in [0.3, 0.4) is 0 Å². The second-order valence-corrected chi connectivity index (χ2v) is 10.0. The van der Waals surface area contributed by atoms with Gasteiger partial charge in [0.2, 0.25) is 5.91 Å². The minimum Gasteiger partial charge on any atom is -0.353 e. The number of imide groups is 1. The first kappa shape index (κ1) is 21.6. The molecular formula is C23H38N4O3. The monoisotopic (exact) mass is 418 g/mol. The normalized spacial score (nSPS) is 32.3. The molecule has 2 aliphatic heterocycles. The minimum absolute atomic E-state index is 0.0463. The van der Waals surface area contributed by atoms with E-state index in [1.165, 1.54) is 38.5 Å². The van der Waals surface area contributed by atoms with Gasteiger partial charge in [0.25, 0.3) is 5.91 Å². The average molecular weight is 419 g/mol. The molecule has 2 unspecified atom stereocenters. The Morgan fingerprint density at radius 2 is 1.67 bits per heavy atom. The summed E-state index contributed by atoms with van der Waals surface area (Å²) in [4.78, 5) is 42.2. The molecule has 2 aliphatic carbocycles. The van der Waals surface area contributed by atoms with Gasteiger partial charge in [0.1, 0.15) is 12.1 Å². The van der Waals surface area contributed by atoms with Crippen LogP contribution in [0.15, 0.2) is 0 Å². The number of hydrogen-bond acceptors (Lipinski definition) is 4. The van der Waals surface area contributed by atoms with Crippen LogP contribution >= 0.6 is 0 Å². The van der Waals surface area contributed by atoms with Gasteiger partial charge in [-0.25, -0.2) is 4.79 Å². The Morgan fingerprint density at radius 1 is 1.00 bits per heavy atom. The van der Waals surface area contributed by atoms with E-state index in [1.807, 2.05) is 6.92 Å². The van der Waals surface area contributed by atoms with E-state index in [2.05, 4.69) is 15.5 Å². The Balaban J connectivity index is 1.38. The number of urea groups is 1. The molecule has 1 spiro atoms. The molecular weight excluding hydrogens is 380 g/mol. The Bertz CT molecular complexity index is 669. The molecule has 2 saturated heterocycles. The predicted octanol–water partition coefficient (Wildman–Crippen LogP) is 2.79. The molecule has 4 amide bonds. The van der Waals surface area contributed by atoms with Crippen molar-refractivity contribution in [3.8, 4) is 0 Å². The van der Waals surface area contributed by atoms with Gasteiger partial charge in [-0.2, -0.15) is 0 Å². The van der Waals surface area contributed by atoms with Crippen molar-refractivity contribution >= 4 is 17.8 Å². The van der Waals surface area contributed by atoms with Crippen molar-refractivity contribution in [2.75, 3.05) is 26.2 Å². The summed E-state index contributed by atoms with van der Waals surface area (Å²) >= 11 is 0. The maximum Gasteiger partial charge on any atom is 0.325 e. The standard InChI is InChI=1S/C23H38N4O3/c1-18-10-4-7-13-23(18)20(29)27(21(30)25-23)16-19(28)24-17-22(11-5-2-6-12-22)26-14-8-3-9-15-26/h18H,2-17H2,1H3,(H,24,28)(H,25,30). The van der Waals surface area contributed by atoms with Crippen LogP contribution in [0.5, 0.6) is 0 Å². The SMILES string of the molecule is CC1CCCCC12NC(=O)N(CC(=O)NCC1(N3CCCCC3)CCCCC1)C2=O. The van der Waals surface area contributed by atoms with Crippen LogP contribution in [0.2, 0.25) is 0 Å². The van der Waals surface area contributed by atoms with E-state index in [0.717, 1.165) is 50.1 Å². The van der Waals surface area contributed by atoms with Crippen LogP contribution in [0.25, 0.3) is 0 Å². The van der Waals surface area contributed by atoms with Crippen molar-refractivity contribution in [2.45, 2.75) is 95.1 Å². The summed E-state index contributed by atoms with van der Waals surface area (Å²) in [6.07, 6.45) is 13.3. The first-order valence-corrected chi connectivity index (χ1v) is 12.1. The molecule has 168 valence electrons. The number of nitrogens with zero attached hydrogens (tertiary/aromatic N) is 2. The second kappa shape index (κ2) is 8.85. The van der Waals surface area contributed by atoms with E-state index in [0.29, 0.717) is 13.0 Å². The van der Waals surface area contributed by atoms with Crippen LogP contribution in [0.1, 0.15) is 84.0 Å². The molecule has 7 heteroatoms. The zero-order chi connectivity index (χ0) is 21.2. The lowest BCUT2D eigenvalue weighted by Crippen LogP contribution is -2.59. The maximum atomic E-state index is 13.1. The van der Waals surface area contributed by atoms with Crippen molar-refractivity contribution < 1.29 is 14.4 Å². The topological polar surface area (TPSA) is 81.8 Å². The quantitative estimate of drug-likeness (QED) is 0.673. The second-order valence-electron chi connectivity index (χ2n) is 10.0. The van der Waals surface area contributed by atoms with Gasteiger partial charge in [-0.3, -0.25) is 19.4 Å². The number of amides is 4. The summed E-state index contributed by atoms with van der Waals surface area (Å²) < 4.78 is 0. The number of likely N-dealkylation sites (tertiary alicyclic amines) is 1. The molecule has 2 heterocycles. The largest absolute Gasteiger partial charge is 0.353 e. The van der Waals surface area contributed by atoms with Crippen molar-refractivity contribution in [3.05, 3.63) is 0 Å². The number of rotatable bonds is 5. The molecule has 0 radical (unpaired) electrons. The molecule has 0 aromatic heterocycles. The average Bonchev–Trinajstić information content (AvgIpc) is 3.00. The maximum absolute atomic E-state index is 13.1. The summed E-state index contributed by atoms with van der Waals surface area (Å²) in [5, 5.41) is 6.04. The number of carbonyl (C=O) groups excluding carboxylic acids is 3. The van der Waals surface area contributed by atoms with E-state index in [1.54, 1.807) is 0 Å². The third-order valence-electron chi connectivity index (χ3n) is 8.23. The fourth-order valence-corrected chi connectivity index (χ4v) is 6.28. The number of nitrogens with one attached hydrogen (secondary N) is 2. The molecule has 2 saturated carbocycles. The summed E-state index contributed by atoms with van der Waals surface area (Å²) in [7, 11) is 0. The first-order valence-electron chi connectivity index (χ1n) is 12.1. The number of carbonyl (C=O) groups is 3. The van der Waals surface area contributed by atoms with Gasteiger partial charge in [-0.05, 0) is 57.5 Å². The van der Waals surface area contributed by atoms with Crippen LogP contribution in [-0.2, 0) is 9.59 Å². The summed E-state index contributed by atoms with van der Waals surface area (Å²) in [5.74, 6) is -0.320. The van der Waals surface area contributed by atoms with Gasteiger partial charge in [0.05, 0.1) is 0 Å². The molecule has 4 rings (SSSR count). The van der Waals surface area contributed by atoms with E-state index >= 15 is 0 Å². The summed E-state index contributed by atoms with van der Waals surface area (Å²) in [5.41, 5.74) is -0.751. The third-order valence-corrected chi connectivity index (χ3v) is 8.23. The highest BCUT2D eigenvalue weighted by molar-refractivity contribution is 6.09. The lowest BCUT2D eigenvalue weighted by atomic mass is 9.73. The Labute approximate surface area is 180 Å². The molecule has 7 nitrogen and oxygen atoms in total. The van der Waals surface area contributed by atoms with Gasteiger partial charge in [-0.1, -0.05) is 45.4 Å². The van der Waals surface area contributed by atoms with Crippen molar-refractivity contribution in [1.82, 2.24) is 20.4 Å². The molecule has 0 bridgehead atoms. The highest BCUT2D eigenvalue weighted by Crippen LogP contribution is 2.38. The lowest BCUT2D eigenvalue weighted by Gasteiger charge is -2.48. The van der Waals surface area contributed by atoms with Crippen LogP contribution in [0, 0.1) is 5.92 Å². The molecule has 0 aromatic rings. The summed E-state index contributed by atoms with van der Waals surface area (Å²) in [6.45, 7) is 4.71. The van der Waals surface area contributed by atoms with E-state index in [4.69, 9.17) is 0 Å². The Morgan fingerprint density at radius 3 is 2.37 bits per heavy atom. The molecule has 2 atom stereocenters. The van der Waals surface area contributed by atoms with Crippen LogP contribution in [-0.4, -0.2) is 64.9 Å².